The molecule has 3 amide bonds. The predicted molar refractivity (Wildman–Crippen MR) is 102 cm³/mol. The molecule has 144 valence electrons. The summed E-state index contributed by atoms with van der Waals surface area (Å²) in [6.45, 7) is 1.19. The molecule has 1 aromatic rings. The van der Waals surface area contributed by atoms with Gasteiger partial charge in [0.1, 0.15) is 5.75 Å². The Balaban J connectivity index is 1.87. The van der Waals surface area contributed by atoms with Crippen molar-refractivity contribution in [1.29, 1.82) is 0 Å². The summed E-state index contributed by atoms with van der Waals surface area (Å²) in [5.41, 5.74) is 6.32. The maximum absolute atomic E-state index is 12.2. The lowest BCUT2D eigenvalue weighted by molar-refractivity contribution is -0.121. The highest BCUT2D eigenvalue weighted by Gasteiger charge is 2.34. The summed E-state index contributed by atoms with van der Waals surface area (Å²) in [7, 11) is 1.67. The van der Waals surface area contributed by atoms with Gasteiger partial charge in [0, 0.05) is 24.9 Å². The average Bonchev–Trinajstić information content (AvgIpc) is 2.66. The second kappa shape index (κ2) is 10.0. The van der Waals surface area contributed by atoms with Crippen molar-refractivity contribution in [2.24, 2.45) is 5.73 Å². The number of benzene rings is 1. The molecular formula is C20H31N3O3. The molecule has 4 N–H and O–H groups in total. The third-order valence-corrected chi connectivity index (χ3v) is 5.27. The monoisotopic (exact) mass is 361 g/mol. The molecule has 6 heteroatoms. The van der Waals surface area contributed by atoms with Crippen LogP contribution in [0, 0.1) is 0 Å². The molecule has 0 spiro atoms. The fraction of sp³-hybridized carbons (Fsp3) is 0.600. The zero-order valence-corrected chi connectivity index (χ0v) is 15.7. The van der Waals surface area contributed by atoms with Crippen LogP contribution in [0.2, 0.25) is 0 Å². The van der Waals surface area contributed by atoms with Gasteiger partial charge in [-0.1, -0.05) is 31.4 Å². The normalized spacial score (nSPS) is 15.9. The Bertz CT molecular complexity index is 580. The molecule has 1 fully saturated rings. The molecule has 0 radical (unpaired) electrons. The fourth-order valence-corrected chi connectivity index (χ4v) is 3.72. The van der Waals surface area contributed by atoms with Gasteiger partial charge in [0.2, 0.25) is 5.91 Å². The minimum absolute atomic E-state index is 0.0215. The van der Waals surface area contributed by atoms with E-state index in [1.807, 2.05) is 12.1 Å². The Morgan fingerprint density at radius 3 is 2.38 bits per heavy atom. The lowest BCUT2D eigenvalue weighted by atomic mass is 9.69. The molecule has 2 rings (SSSR count). The largest absolute Gasteiger partial charge is 0.497 e. The van der Waals surface area contributed by atoms with Crippen molar-refractivity contribution >= 4 is 11.9 Å². The maximum Gasteiger partial charge on any atom is 0.312 e. The molecule has 0 atom stereocenters. The van der Waals surface area contributed by atoms with Crippen LogP contribution in [0.5, 0.6) is 5.75 Å². The first-order valence-corrected chi connectivity index (χ1v) is 9.50. The molecule has 26 heavy (non-hydrogen) atoms. The number of unbranched alkanes of at least 4 members (excludes halogenated alkanes) is 1. The molecular weight excluding hydrogens is 330 g/mol. The van der Waals surface area contributed by atoms with Crippen LogP contribution >= 0.6 is 0 Å². The molecule has 1 aliphatic carbocycles. The third kappa shape index (κ3) is 5.93. The highest BCUT2D eigenvalue weighted by Crippen LogP contribution is 2.39. The maximum atomic E-state index is 12.2. The molecule has 0 aliphatic heterocycles. The van der Waals surface area contributed by atoms with E-state index in [-0.39, 0.29) is 11.3 Å². The van der Waals surface area contributed by atoms with Crippen molar-refractivity contribution in [2.45, 2.75) is 56.8 Å². The first-order chi connectivity index (χ1) is 12.6. The molecule has 0 saturated heterocycles. The van der Waals surface area contributed by atoms with Crippen LogP contribution in [0.1, 0.15) is 56.9 Å². The zero-order valence-electron chi connectivity index (χ0n) is 15.7. The number of urea groups is 1. The molecule has 0 heterocycles. The van der Waals surface area contributed by atoms with Gasteiger partial charge < -0.3 is 21.1 Å². The van der Waals surface area contributed by atoms with Gasteiger partial charge in [-0.25, -0.2) is 4.79 Å². The van der Waals surface area contributed by atoms with Crippen molar-refractivity contribution in [3.05, 3.63) is 29.8 Å². The number of carbonyl (C=O) groups excluding carboxylic acids is 2. The second-order valence-electron chi connectivity index (χ2n) is 7.09. The number of hydrogen-bond donors (Lipinski definition) is 3. The van der Waals surface area contributed by atoms with Crippen molar-refractivity contribution in [1.82, 2.24) is 10.6 Å². The number of nitrogens with two attached hydrogens (primary N) is 1. The molecule has 6 nitrogen and oxygen atoms in total. The Kier molecular flexibility index (Phi) is 7.75. The standard InChI is InChI=1S/C20H31N3O3/c1-26-17-10-8-16(9-11-17)20(12-4-2-5-13-20)15-23-18(24)7-3-6-14-22-19(21)25/h8-11H,2-7,12-15H2,1H3,(H,23,24)(H3,21,22,25). The molecule has 1 aliphatic rings. The highest BCUT2D eigenvalue weighted by atomic mass is 16.5. The van der Waals surface area contributed by atoms with Crippen LogP contribution < -0.4 is 21.1 Å². The third-order valence-electron chi connectivity index (χ3n) is 5.27. The van der Waals surface area contributed by atoms with E-state index in [0.717, 1.165) is 31.4 Å². The van der Waals surface area contributed by atoms with E-state index >= 15 is 0 Å². The van der Waals surface area contributed by atoms with Crippen LogP contribution in [0.3, 0.4) is 0 Å². The van der Waals surface area contributed by atoms with Gasteiger partial charge in [-0.3, -0.25) is 4.79 Å². The number of hydrogen-bond acceptors (Lipinski definition) is 3. The van der Waals surface area contributed by atoms with Crippen molar-refractivity contribution in [3.8, 4) is 5.75 Å². The zero-order chi connectivity index (χ0) is 18.8. The number of nitrogens with one attached hydrogen (secondary N) is 2. The van der Waals surface area contributed by atoms with E-state index in [2.05, 4.69) is 22.8 Å². The number of amides is 3. The van der Waals surface area contributed by atoms with E-state index in [4.69, 9.17) is 10.5 Å². The van der Waals surface area contributed by atoms with Crippen molar-refractivity contribution in [2.75, 3.05) is 20.2 Å². The van der Waals surface area contributed by atoms with Gasteiger partial charge in [0.15, 0.2) is 0 Å². The Morgan fingerprint density at radius 2 is 1.77 bits per heavy atom. The summed E-state index contributed by atoms with van der Waals surface area (Å²) in [6.07, 6.45) is 7.81. The first-order valence-electron chi connectivity index (χ1n) is 9.50. The number of rotatable bonds is 9. The van der Waals surface area contributed by atoms with Crippen molar-refractivity contribution in [3.63, 3.8) is 0 Å². The first kappa shape index (κ1) is 20.1. The summed E-state index contributed by atoms with van der Waals surface area (Å²) in [5, 5.41) is 5.67. The van der Waals surface area contributed by atoms with Gasteiger partial charge >= 0.3 is 6.03 Å². The minimum Gasteiger partial charge on any atom is -0.497 e. The summed E-state index contributed by atoms with van der Waals surface area (Å²) in [4.78, 5) is 22.8. The number of methoxy groups -OCH3 is 1. The second-order valence-corrected chi connectivity index (χ2v) is 7.09. The fourth-order valence-electron chi connectivity index (χ4n) is 3.72. The average molecular weight is 361 g/mol. The van der Waals surface area contributed by atoms with E-state index in [1.165, 1.54) is 24.8 Å². The topological polar surface area (TPSA) is 93.4 Å². The van der Waals surface area contributed by atoms with Crippen LogP contribution in [0.25, 0.3) is 0 Å². The van der Waals surface area contributed by atoms with E-state index in [1.54, 1.807) is 7.11 Å². The van der Waals surface area contributed by atoms with Crippen LogP contribution in [-0.4, -0.2) is 32.1 Å². The Morgan fingerprint density at radius 1 is 1.08 bits per heavy atom. The Hall–Kier alpha value is -2.24. The van der Waals surface area contributed by atoms with Crippen LogP contribution in [0.4, 0.5) is 4.79 Å². The summed E-state index contributed by atoms with van der Waals surface area (Å²) < 4.78 is 5.26. The number of ether oxygens (including phenoxy) is 1. The quantitative estimate of drug-likeness (QED) is 0.590. The van der Waals surface area contributed by atoms with Crippen molar-refractivity contribution < 1.29 is 14.3 Å². The van der Waals surface area contributed by atoms with Gasteiger partial charge in [0.05, 0.1) is 7.11 Å². The van der Waals surface area contributed by atoms with Gasteiger partial charge in [-0.05, 0) is 43.4 Å². The smallest absolute Gasteiger partial charge is 0.312 e. The van der Waals surface area contributed by atoms with Gasteiger partial charge in [-0.2, -0.15) is 0 Å². The molecule has 1 aromatic carbocycles. The van der Waals surface area contributed by atoms with E-state index in [9.17, 15) is 9.59 Å². The van der Waals surface area contributed by atoms with E-state index in [0.29, 0.717) is 19.5 Å². The molecule has 0 bridgehead atoms. The lowest BCUT2D eigenvalue weighted by Gasteiger charge is -2.38. The summed E-state index contributed by atoms with van der Waals surface area (Å²) >= 11 is 0. The van der Waals surface area contributed by atoms with E-state index < -0.39 is 6.03 Å². The van der Waals surface area contributed by atoms with Crippen LogP contribution in [-0.2, 0) is 10.2 Å². The molecule has 0 aromatic heterocycles. The van der Waals surface area contributed by atoms with Gasteiger partial charge in [-0.15, -0.1) is 0 Å². The predicted octanol–water partition coefficient (Wildman–Crippen LogP) is 2.85. The molecule has 1 saturated carbocycles. The number of carbonyl (C=O) groups is 2. The van der Waals surface area contributed by atoms with Crippen LogP contribution in [0.15, 0.2) is 24.3 Å². The number of primary amides is 1. The summed E-state index contributed by atoms with van der Waals surface area (Å²) in [6, 6.07) is 7.74. The van der Waals surface area contributed by atoms with Gasteiger partial charge in [0.25, 0.3) is 0 Å². The SMILES string of the molecule is COc1ccc(C2(CNC(=O)CCCCNC(N)=O)CCCCC2)cc1. The minimum atomic E-state index is -0.520. The summed E-state index contributed by atoms with van der Waals surface area (Å²) in [5.74, 6) is 0.927. The molecule has 0 unspecified atom stereocenters. The Labute approximate surface area is 155 Å². The lowest BCUT2D eigenvalue weighted by Crippen LogP contribution is -2.42. The highest BCUT2D eigenvalue weighted by molar-refractivity contribution is 5.76.